The Kier molecular flexibility index (Phi) is 4.62. The fourth-order valence-electron chi connectivity index (χ4n) is 1.73. The third kappa shape index (κ3) is 3.79. The summed E-state index contributed by atoms with van der Waals surface area (Å²) in [6, 6.07) is 0.0563. The maximum atomic E-state index is 12.1. The average molecular weight is 329 g/mol. The highest BCUT2D eigenvalue weighted by atomic mass is 79.9. The molecule has 1 aromatic rings. The summed E-state index contributed by atoms with van der Waals surface area (Å²) in [6.45, 7) is 5.51. The van der Waals surface area contributed by atoms with E-state index in [-0.39, 0.29) is 11.6 Å². The van der Waals surface area contributed by atoms with Gasteiger partial charge in [0.2, 0.25) is 0 Å². The van der Waals surface area contributed by atoms with Crippen molar-refractivity contribution in [2.75, 3.05) is 11.9 Å². The summed E-state index contributed by atoms with van der Waals surface area (Å²) in [5.41, 5.74) is 6.62. The minimum Gasteiger partial charge on any atom is -0.381 e. The van der Waals surface area contributed by atoms with Crippen LogP contribution in [0.25, 0.3) is 0 Å². The zero-order chi connectivity index (χ0) is 14.0. The standard InChI is InChI=1S/C13H21BrN4O/c1-8(2)10(15)5-16-11-6-17-18(7-9-3-4-9)13(19)12(11)14/h6,8-10,16H,3-5,7,15H2,1-2H3. The average Bonchev–Trinajstić information content (AvgIpc) is 3.17. The molecule has 5 nitrogen and oxygen atoms in total. The van der Waals surface area contributed by atoms with Crippen molar-refractivity contribution in [1.29, 1.82) is 0 Å². The molecule has 1 aliphatic carbocycles. The Bertz CT molecular complexity index is 496. The molecular weight excluding hydrogens is 308 g/mol. The van der Waals surface area contributed by atoms with E-state index in [0.29, 0.717) is 28.5 Å². The maximum Gasteiger partial charge on any atom is 0.283 e. The third-order valence-corrected chi connectivity index (χ3v) is 4.26. The van der Waals surface area contributed by atoms with Crippen molar-refractivity contribution in [2.24, 2.45) is 17.6 Å². The molecule has 0 radical (unpaired) electrons. The van der Waals surface area contributed by atoms with Crippen molar-refractivity contribution in [3.05, 3.63) is 21.0 Å². The second-order valence-electron chi connectivity index (χ2n) is 5.59. The lowest BCUT2D eigenvalue weighted by atomic mass is 10.1. The molecular formula is C13H21BrN4O. The van der Waals surface area contributed by atoms with Gasteiger partial charge in [-0.15, -0.1) is 0 Å². The van der Waals surface area contributed by atoms with Crippen LogP contribution in [0.4, 0.5) is 5.69 Å². The highest BCUT2D eigenvalue weighted by molar-refractivity contribution is 9.10. The maximum absolute atomic E-state index is 12.1. The summed E-state index contributed by atoms with van der Waals surface area (Å²) in [4.78, 5) is 12.1. The third-order valence-electron chi connectivity index (χ3n) is 3.50. The Balaban J connectivity index is 2.05. The van der Waals surface area contributed by atoms with E-state index in [1.807, 2.05) is 0 Å². The van der Waals surface area contributed by atoms with E-state index < -0.39 is 0 Å². The summed E-state index contributed by atoms with van der Waals surface area (Å²) >= 11 is 3.35. The molecule has 1 heterocycles. The minimum atomic E-state index is -0.0741. The lowest BCUT2D eigenvalue weighted by Gasteiger charge is -2.17. The Morgan fingerprint density at radius 2 is 2.26 bits per heavy atom. The van der Waals surface area contributed by atoms with Crippen molar-refractivity contribution in [1.82, 2.24) is 9.78 Å². The van der Waals surface area contributed by atoms with Gasteiger partial charge in [0.05, 0.1) is 11.9 Å². The zero-order valence-electron chi connectivity index (χ0n) is 11.4. The van der Waals surface area contributed by atoms with Gasteiger partial charge in [0.25, 0.3) is 5.56 Å². The first-order valence-corrected chi connectivity index (χ1v) is 7.53. The molecule has 3 N–H and O–H groups in total. The molecule has 2 rings (SSSR count). The van der Waals surface area contributed by atoms with Crippen LogP contribution in [0, 0.1) is 11.8 Å². The second kappa shape index (κ2) is 6.05. The van der Waals surface area contributed by atoms with Crippen molar-refractivity contribution in [3.63, 3.8) is 0 Å². The van der Waals surface area contributed by atoms with Crippen molar-refractivity contribution < 1.29 is 0 Å². The number of nitrogens with two attached hydrogens (primary N) is 1. The van der Waals surface area contributed by atoms with Gasteiger partial charge in [-0.1, -0.05) is 13.8 Å². The molecule has 0 bridgehead atoms. The molecule has 106 valence electrons. The molecule has 19 heavy (non-hydrogen) atoms. The predicted molar refractivity (Wildman–Crippen MR) is 80.2 cm³/mol. The van der Waals surface area contributed by atoms with Gasteiger partial charge in [0.15, 0.2) is 0 Å². The summed E-state index contributed by atoms with van der Waals surface area (Å²) in [6.07, 6.45) is 4.10. The van der Waals surface area contributed by atoms with Crippen LogP contribution in [-0.4, -0.2) is 22.4 Å². The topological polar surface area (TPSA) is 72.9 Å². The molecule has 0 aromatic carbocycles. The molecule has 0 saturated heterocycles. The monoisotopic (exact) mass is 328 g/mol. The van der Waals surface area contributed by atoms with Gasteiger partial charge in [-0.05, 0) is 40.6 Å². The first kappa shape index (κ1) is 14.5. The lowest BCUT2D eigenvalue weighted by Crippen LogP contribution is -2.34. The molecule has 1 atom stereocenters. The fraction of sp³-hybridized carbons (Fsp3) is 0.692. The van der Waals surface area contributed by atoms with Crippen LogP contribution in [-0.2, 0) is 6.54 Å². The molecule has 1 fully saturated rings. The first-order chi connectivity index (χ1) is 8.99. The van der Waals surface area contributed by atoms with Gasteiger partial charge < -0.3 is 11.1 Å². The van der Waals surface area contributed by atoms with Crippen LogP contribution in [0.15, 0.2) is 15.5 Å². The van der Waals surface area contributed by atoms with Gasteiger partial charge >= 0.3 is 0 Å². The number of aromatic nitrogens is 2. The minimum absolute atomic E-state index is 0.0563. The Morgan fingerprint density at radius 3 is 2.84 bits per heavy atom. The quantitative estimate of drug-likeness (QED) is 0.835. The molecule has 1 saturated carbocycles. The van der Waals surface area contributed by atoms with Crippen LogP contribution in [0.2, 0.25) is 0 Å². The summed E-state index contributed by atoms with van der Waals surface area (Å²) < 4.78 is 2.08. The number of halogens is 1. The molecule has 1 aliphatic rings. The van der Waals surface area contributed by atoms with Crippen molar-refractivity contribution in [3.8, 4) is 0 Å². The molecule has 0 aliphatic heterocycles. The Morgan fingerprint density at radius 1 is 1.58 bits per heavy atom. The van der Waals surface area contributed by atoms with Crippen molar-refractivity contribution >= 4 is 21.6 Å². The summed E-state index contributed by atoms with van der Waals surface area (Å²) in [5, 5.41) is 7.40. The van der Waals surface area contributed by atoms with Crippen LogP contribution in [0.3, 0.4) is 0 Å². The smallest absolute Gasteiger partial charge is 0.283 e. The normalized spacial score (nSPS) is 16.7. The van der Waals surface area contributed by atoms with E-state index >= 15 is 0 Å². The Labute approximate surface area is 121 Å². The van der Waals surface area contributed by atoms with Crippen LogP contribution in [0.5, 0.6) is 0 Å². The summed E-state index contributed by atoms with van der Waals surface area (Å²) in [7, 11) is 0. The van der Waals surface area contributed by atoms with E-state index in [4.69, 9.17) is 5.73 Å². The van der Waals surface area contributed by atoms with Gasteiger partial charge in [-0.2, -0.15) is 5.10 Å². The zero-order valence-corrected chi connectivity index (χ0v) is 13.0. The molecule has 1 aromatic heterocycles. The van der Waals surface area contributed by atoms with E-state index in [1.165, 1.54) is 17.5 Å². The van der Waals surface area contributed by atoms with Gasteiger partial charge in [0, 0.05) is 19.1 Å². The second-order valence-corrected chi connectivity index (χ2v) is 6.38. The SMILES string of the molecule is CC(C)C(N)CNc1cnn(CC2CC2)c(=O)c1Br. The van der Waals surface area contributed by atoms with E-state index in [9.17, 15) is 4.79 Å². The largest absolute Gasteiger partial charge is 0.381 e. The first-order valence-electron chi connectivity index (χ1n) is 6.74. The fourth-order valence-corrected chi connectivity index (χ4v) is 2.17. The van der Waals surface area contributed by atoms with Crippen LogP contribution >= 0.6 is 15.9 Å². The highest BCUT2D eigenvalue weighted by Gasteiger charge is 2.23. The number of anilines is 1. The molecule has 6 heteroatoms. The number of nitrogens with one attached hydrogen (secondary N) is 1. The van der Waals surface area contributed by atoms with Crippen LogP contribution < -0.4 is 16.6 Å². The van der Waals surface area contributed by atoms with E-state index in [1.54, 1.807) is 6.20 Å². The number of hydrogen-bond donors (Lipinski definition) is 2. The highest BCUT2D eigenvalue weighted by Crippen LogP contribution is 2.30. The van der Waals surface area contributed by atoms with Gasteiger partial charge in [-0.25, -0.2) is 4.68 Å². The number of hydrogen-bond acceptors (Lipinski definition) is 4. The van der Waals surface area contributed by atoms with Gasteiger partial charge in [0.1, 0.15) is 4.47 Å². The molecule has 1 unspecified atom stereocenters. The number of nitrogens with zero attached hydrogens (tertiary/aromatic N) is 2. The van der Waals surface area contributed by atoms with E-state index in [0.717, 1.165) is 6.54 Å². The summed E-state index contributed by atoms with van der Waals surface area (Å²) in [5.74, 6) is 1.03. The predicted octanol–water partition coefficient (Wildman–Crippen LogP) is 1.81. The number of rotatable bonds is 6. The molecule has 0 spiro atoms. The molecule has 0 amide bonds. The van der Waals surface area contributed by atoms with Crippen LogP contribution in [0.1, 0.15) is 26.7 Å². The van der Waals surface area contributed by atoms with Gasteiger partial charge in [-0.3, -0.25) is 4.79 Å². The van der Waals surface area contributed by atoms with Crippen molar-refractivity contribution in [2.45, 2.75) is 39.3 Å². The Hall–Kier alpha value is -0.880. The lowest BCUT2D eigenvalue weighted by molar-refractivity contribution is 0.509. The van der Waals surface area contributed by atoms with E-state index in [2.05, 4.69) is 40.2 Å².